The van der Waals surface area contributed by atoms with Gasteiger partial charge in [-0.25, -0.2) is 0 Å². The van der Waals surface area contributed by atoms with Gasteiger partial charge in [0, 0.05) is 17.3 Å². The van der Waals surface area contributed by atoms with E-state index in [1.54, 1.807) is 7.11 Å². The first-order chi connectivity index (χ1) is 10.7. The Labute approximate surface area is 136 Å². The molecule has 0 aliphatic carbocycles. The van der Waals surface area contributed by atoms with E-state index >= 15 is 0 Å². The molecule has 0 saturated heterocycles. The molecular weight excluding hydrogens is 298 g/mol. The van der Waals surface area contributed by atoms with E-state index in [0.29, 0.717) is 12.5 Å². The van der Waals surface area contributed by atoms with Crippen LogP contribution >= 0.6 is 11.6 Å². The Bertz CT molecular complexity index is 609. The van der Waals surface area contributed by atoms with Gasteiger partial charge in [-0.15, -0.1) is 0 Å². The second-order valence-electron chi connectivity index (χ2n) is 4.85. The standard InChI is InChI=1S/C17H20ClN3O/c1-22-16-10-8-15(9-11-16)21-17(19)20-12-2-3-13-4-6-14(18)7-5-13/h4-11H,2-3,12H2,1H3,(H3,19,20,21). The Morgan fingerprint density at radius 1 is 1.14 bits per heavy atom. The van der Waals surface area contributed by atoms with Gasteiger partial charge in [0.2, 0.25) is 0 Å². The number of hydrogen-bond acceptors (Lipinski definition) is 2. The molecule has 22 heavy (non-hydrogen) atoms. The van der Waals surface area contributed by atoms with Crippen molar-refractivity contribution in [1.82, 2.24) is 0 Å². The predicted octanol–water partition coefficient (Wildman–Crippen LogP) is 3.71. The Hall–Kier alpha value is -2.20. The third kappa shape index (κ3) is 5.30. The van der Waals surface area contributed by atoms with Crippen molar-refractivity contribution >= 4 is 23.2 Å². The molecule has 0 fully saturated rings. The molecule has 0 aliphatic rings. The number of benzene rings is 2. The molecule has 2 aromatic carbocycles. The van der Waals surface area contributed by atoms with Crippen LogP contribution < -0.4 is 15.8 Å². The van der Waals surface area contributed by atoms with E-state index < -0.39 is 0 Å². The Morgan fingerprint density at radius 2 is 1.82 bits per heavy atom. The maximum Gasteiger partial charge on any atom is 0.193 e. The Morgan fingerprint density at radius 3 is 2.45 bits per heavy atom. The molecule has 0 radical (unpaired) electrons. The predicted molar refractivity (Wildman–Crippen MR) is 92.9 cm³/mol. The van der Waals surface area contributed by atoms with E-state index in [-0.39, 0.29) is 0 Å². The summed E-state index contributed by atoms with van der Waals surface area (Å²) in [6.07, 6.45) is 1.89. The number of methoxy groups -OCH3 is 1. The number of ether oxygens (including phenoxy) is 1. The number of guanidine groups is 1. The van der Waals surface area contributed by atoms with Gasteiger partial charge in [0.25, 0.3) is 0 Å². The zero-order valence-corrected chi connectivity index (χ0v) is 13.3. The summed E-state index contributed by atoms with van der Waals surface area (Å²) in [4.78, 5) is 4.32. The van der Waals surface area contributed by atoms with Crippen molar-refractivity contribution < 1.29 is 4.74 Å². The molecule has 0 heterocycles. The fourth-order valence-corrected chi connectivity index (χ4v) is 2.12. The smallest absolute Gasteiger partial charge is 0.193 e. The van der Waals surface area contributed by atoms with Gasteiger partial charge in [-0.05, 0) is 54.8 Å². The molecule has 0 aromatic heterocycles. The van der Waals surface area contributed by atoms with Gasteiger partial charge in [0.05, 0.1) is 7.11 Å². The van der Waals surface area contributed by atoms with Crippen LogP contribution in [0.4, 0.5) is 5.69 Å². The fraction of sp³-hybridized carbons (Fsp3) is 0.235. The van der Waals surface area contributed by atoms with Gasteiger partial charge in [-0.3, -0.25) is 4.99 Å². The summed E-state index contributed by atoms with van der Waals surface area (Å²) in [7, 11) is 1.64. The normalized spacial score (nSPS) is 11.3. The van der Waals surface area contributed by atoms with Crippen LogP contribution in [0.25, 0.3) is 0 Å². The highest BCUT2D eigenvalue weighted by atomic mass is 35.5. The maximum atomic E-state index is 5.87. The summed E-state index contributed by atoms with van der Waals surface area (Å²) in [6.45, 7) is 0.678. The summed E-state index contributed by atoms with van der Waals surface area (Å²) < 4.78 is 5.11. The molecule has 2 rings (SSSR count). The second kappa shape index (κ2) is 8.29. The van der Waals surface area contributed by atoms with E-state index in [1.165, 1.54) is 5.56 Å². The zero-order valence-electron chi connectivity index (χ0n) is 12.6. The van der Waals surface area contributed by atoms with Crippen molar-refractivity contribution in [2.75, 3.05) is 19.0 Å². The van der Waals surface area contributed by atoms with Gasteiger partial charge in [-0.2, -0.15) is 0 Å². The third-order valence-corrected chi connectivity index (χ3v) is 3.43. The summed E-state index contributed by atoms with van der Waals surface area (Å²) in [6, 6.07) is 15.4. The molecule has 0 saturated carbocycles. The highest BCUT2D eigenvalue weighted by Gasteiger charge is 1.97. The van der Waals surface area contributed by atoms with Crippen LogP contribution in [0.3, 0.4) is 0 Å². The highest BCUT2D eigenvalue weighted by molar-refractivity contribution is 6.30. The maximum absolute atomic E-state index is 5.87. The lowest BCUT2D eigenvalue weighted by molar-refractivity contribution is 0.415. The SMILES string of the molecule is COc1ccc(NC(N)=NCCCc2ccc(Cl)cc2)cc1. The largest absolute Gasteiger partial charge is 0.497 e. The number of nitrogens with two attached hydrogens (primary N) is 1. The molecule has 0 aliphatic heterocycles. The first kappa shape index (κ1) is 16.2. The third-order valence-electron chi connectivity index (χ3n) is 3.18. The average molecular weight is 318 g/mol. The zero-order chi connectivity index (χ0) is 15.8. The minimum Gasteiger partial charge on any atom is -0.497 e. The second-order valence-corrected chi connectivity index (χ2v) is 5.29. The van der Waals surface area contributed by atoms with Crippen molar-refractivity contribution in [3.8, 4) is 5.75 Å². The minimum atomic E-state index is 0.418. The number of nitrogens with zero attached hydrogens (tertiary/aromatic N) is 1. The lowest BCUT2D eigenvalue weighted by atomic mass is 10.1. The van der Waals surface area contributed by atoms with Crippen molar-refractivity contribution in [2.24, 2.45) is 10.7 Å². The van der Waals surface area contributed by atoms with Crippen LogP contribution in [0.5, 0.6) is 5.75 Å². The van der Waals surface area contributed by atoms with Gasteiger partial charge < -0.3 is 15.8 Å². The highest BCUT2D eigenvalue weighted by Crippen LogP contribution is 2.14. The number of nitrogens with one attached hydrogen (secondary N) is 1. The molecule has 0 bridgehead atoms. The Kier molecular flexibility index (Phi) is 6.10. The summed E-state index contributed by atoms with van der Waals surface area (Å²) in [5.74, 6) is 1.23. The number of halogens is 1. The van der Waals surface area contributed by atoms with E-state index in [1.807, 2.05) is 48.5 Å². The van der Waals surface area contributed by atoms with Crippen molar-refractivity contribution in [2.45, 2.75) is 12.8 Å². The molecule has 3 N–H and O–H groups in total. The molecule has 0 amide bonds. The van der Waals surface area contributed by atoms with Gasteiger partial charge in [-0.1, -0.05) is 23.7 Å². The first-order valence-corrected chi connectivity index (χ1v) is 7.50. The molecule has 0 spiro atoms. The quantitative estimate of drug-likeness (QED) is 0.485. The first-order valence-electron chi connectivity index (χ1n) is 7.13. The van der Waals surface area contributed by atoms with Gasteiger partial charge in [0.1, 0.15) is 5.75 Å². The number of hydrogen-bond donors (Lipinski definition) is 2. The summed E-state index contributed by atoms with van der Waals surface area (Å²) >= 11 is 5.86. The fourth-order valence-electron chi connectivity index (χ4n) is 2.00. The molecular formula is C17H20ClN3O. The van der Waals surface area contributed by atoms with Crippen molar-refractivity contribution in [1.29, 1.82) is 0 Å². The van der Waals surface area contributed by atoms with E-state index in [0.717, 1.165) is 29.3 Å². The van der Waals surface area contributed by atoms with Gasteiger partial charge >= 0.3 is 0 Å². The number of aliphatic imine (C=N–C) groups is 1. The molecule has 0 atom stereocenters. The lowest BCUT2D eigenvalue weighted by Gasteiger charge is -2.06. The van der Waals surface area contributed by atoms with Crippen molar-refractivity contribution in [3.63, 3.8) is 0 Å². The molecule has 116 valence electrons. The summed E-state index contributed by atoms with van der Waals surface area (Å²) in [5, 5.41) is 3.81. The minimum absolute atomic E-state index is 0.418. The van der Waals surface area contributed by atoms with Crippen LogP contribution in [0.1, 0.15) is 12.0 Å². The van der Waals surface area contributed by atoms with E-state index in [9.17, 15) is 0 Å². The van der Waals surface area contributed by atoms with Crippen LogP contribution in [-0.4, -0.2) is 19.6 Å². The monoisotopic (exact) mass is 317 g/mol. The summed E-state index contributed by atoms with van der Waals surface area (Å²) in [5.41, 5.74) is 8.01. The molecule has 0 unspecified atom stereocenters. The van der Waals surface area contributed by atoms with E-state index in [2.05, 4.69) is 10.3 Å². The number of anilines is 1. The number of rotatable bonds is 6. The van der Waals surface area contributed by atoms with Crippen LogP contribution in [-0.2, 0) is 6.42 Å². The Balaban J connectivity index is 1.76. The molecule has 4 nitrogen and oxygen atoms in total. The number of aryl methyl sites for hydroxylation is 1. The van der Waals surface area contributed by atoms with Crippen molar-refractivity contribution in [3.05, 3.63) is 59.1 Å². The molecule has 2 aromatic rings. The average Bonchev–Trinajstić information content (AvgIpc) is 2.54. The lowest BCUT2D eigenvalue weighted by Crippen LogP contribution is -2.22. The molecule has 5 heteroatoms. The van der Waals surface area contributed by atoms with Crippen LogP contribution in [0, 0.1) is 0 Å². The van der Waals surface area contributed by atoms with Crippen LogP contribution in [0.2, 0.25) is 5.02 Å². The van der Waals surface area contributed by atoms with Gasteiger partial charge in [0.15, 0.2) is 5.96 Å². The topological polar surface area (TPSA) is 59.6 Å². The van der Waals surface area contributed by atoms with E-state index in [4.69, 9.17) is 22.1 Å². The van der Waals surface area contributed by atoms with Crippen LogP contribution in [0.15, 0.2) is 53.5 Å².